The lowest BCUT2D eigenvalue weighted by molar-refractivity contribution is 0.112. The second kappa shape index (κ2) is 4.71. The Morgan fingerprint density at radius 2 is 1.88 bits per heavy atom. The van der Waals surface area contributed by atoms with Crippen LogP contribution in [-0.4, -0.2) is 11.3 Å². The van der Waals surface area contributed by atoms with Gasteiger partial charge in [-0.15, -0.1) is 0 Å². The Morgan fingerprint density at radius 1 is 1.12 bits per heavy atom. The van der Waals surface area contributed by atoms with Gasteiger partial charge in [-0.1, -0.05) is 31.2 Å². The fourth-order valence-corrected chi connectivity index (χ4v) is 1.61. The highest BCUT2D eigenvalue weighted by Gasteiger charge is 1.99. The number of carbonyl (C=O) groups excluding carboxylic acids is 1. The van der Waals surface area contributed by atoms with Crippen LogP contribution in [0.15, 0.2) is 42.7 Å². The third-order valence-electron chi connectivity index (χ3n) is 2.59. The molecule has 2 nitrogen and oxygen atoms in total. The van der Waals surface area contributed by atoms with Gasteiger partial charge in [0, 0.05) is 23.5 Å². The van der Waals surface area contributed by atoms with Crippen molar-refractivity contribution < 1.29 is 4.79 Å². The van der Waals surface area contributed by atoms with Crippen LogP contribution in [0.3, 0.4) is 0 Å². The van der Waals surface area contributed by atoms with E-state index in [2.05, 4.69) is 36.2 Å². The highest BCUT2D eigenvalue weighted by Crippen LogP contribution is 2.19. The van der Waals surface area contributed by atoms with E-state index in [9.17, 15) is 4.79 Å². The average molecular weight is 211 g/mol. The Bertz CT molecular complexity index is 488. The van der Waals surface area contributed by atoms with Gasteiger partial charge in [0.15, 0.2) is 6.29 Å². The zero-order valence-electron chi connectivity index (χ0n) is 9.18. The van der Waals surface area contributed by atoms with Crippen molar-refractivity contribution in [2.24, 2.45) is 0 Å². The molecule has 1 aromatic carbocycles. The number of carbonyl (C=O) groups is 1. The summed E-state index contributed by atoms with van der Waals surface area (Å²) < 4.78 is 0. The van der Waals surface area contributed by atoms with Crippen molar-refractivity contribution >= 4 is 6.29 Å². The molecule has 80 valence electrons. The predicted octanol–water partition coefficient (Wildman–Crippen LogP) is 3.12. The lowest BCUT2D eigenvalue weighted by Gasteiger charge is -2.03. The number of benzene rings is 1. The molecule has 1 aromatic heterocycles. The zero-order valence-corrected chi connectivity index (χ0v) is 9.18. The summed E-state index contributed by atoms with van der Waals surface area (Å²) in [4.78, 5) is 14.7. The van der Waals surface area contributed by atoms with Gasteiger partial charge in [-0.2, -0.15) is 0 Å². The summed E-state index contributed by atoms with van der Waals surface area (Å²) in [6.45, 7) is 2.13. The van der Waals surface area contributed by atoms with Crippen molar-refractivity contribution in [2.75, 3.05) is 0 Å². The second-order valence-corrected chi connectivity index (χ2v) is 3.68. The van der Waals surface area contributed by atoms with Gasteiger partial charge in [-0.25, -0.2) is 0 Å². The van der Waals surface area contributed by atoms with Crippen LogP contribution in [0.5, 0.6) is 0 Å². The van der Waals surface area contributed by atoms with Gasteiger partial charge in [-0.05, 0) is 23.6 Å². The van der Waals surface area contributed by atoms with Crippen LogP contribution in [0, 0.1) is 0 Å². The van der Waals surface area contributed by atoms with Crippen LogP contribution in [-0.2, 0) is 6.42 Å². The van der Waals surface area contributed by atoms with Crippen molar-refractivity contribution in [3.8, 4) is 11.1 Å². The van der Waals surface area contributed by atoms with Crippen molar-refractivity contribution in [3.05, 3.63) is 53.9 Å². The van der Waals surface area contributed by atoms with Crippen molar-refractivity contribution in [1.29, 1.82) is 0 Å². The van der Waals surface area contributed by atoms with E-state index in [4.69, 9.17) is 0 Å². The molecule has 2 heteroatoms. The molecular formula is C14H13NO. The molecule has 0 fully saturated rings. The summed E-state index contributed by atoms with van der Waals surface area (Å²) in [5.74, 6) is 0. The molecule has 0 atom stereocenters. The Morgan fingerprint density at radius 3 is 2.50 bits per heavy atom. The molecule has 16 heavy (non-hydrogen) atoms. The van der Waals surface area contributed by atoms with Gasteiger partial charge < -0.3 is 0 Å². The van der Waals surface area contributed by atoms with Crippen LogP contribution >= 0.6 is 0 Å². The molecule has 2 aromatic rings. The maximum absolute atomic E-state index is 10.7. The number of hydrogen-bond acceptors (Lipinski definition) is 2. The summed E-state index contributed by atoms with van der Waals surface area (Å²) in [6.07, 6.45) is 5.19. The Balaban J connectivity index is 2.38. The lowest BCUT2D eigenvalue weighted by Crippen LogP contribution is -1.86. The summed E-state index contributed by atoms with van der Waals surface area (Å²) in [5, 5.41) is 0. The minimum absolute atomic E-state index is 0.608. The molecule has 0 N–H and O–H groups in total. The number of pyridine rings is 1. The fraction of sp³-hybridized carbons (Fsp3) is 0.143. The number of rotatable bonds is 3. The summed E-state index contributed by atoms with van der Waals surface area (Å²) in [5.41, 5.74) is 3.99. The van der Waals surface area contributed by atoms with E-state index in [1.807, 2.05) is 6.07 Å². The minimum Gasteiger partial charge on any atom is -0.298 e. The molecule has 0 aliphatic rings. The average Bonchev–Trinajstić information content (AvgIpc) is 2.39. The summed E-state index contributed by atoms with van der Waals surface area (Å²) in [6, 6.07) is 10.2. The molecule has 0 aliphatic heterocycles. The van der Waals surface area contributed by atoms with Gasteiger partial charge >= 0.3 is 0 Å². The molecule has 0 bridgehead atoms. The van der Waals surface area contributed by atoms with E-state index in [0.29, 0.717) is 5.56 Å². The van der Waals surface area contributed by atoms with E-state index in [1.54, 1.807) is 12.4 Å². The second-order valence-electron chi connectivity index (χ2n) is 3.68. The fourth-order valence-electron chi connectivity index (χ4n) is 1.61. The molecule has 0 unspecified atom stereocenters. The maximum atomic E-state index is 10.7. The Hall–Kier alpha value is -1.96. The van der Waals surface area contributed by atoms with Crippen LogP contribution in [0.2, 0.25) is 0 Å². The van der Waals surface area contributed by atoms with E-state index in [1.165, 1.54) is 5.56 Å². The highest BCUT2D eigenvalue weighted by molar-refractivity contribution is 5.77. The topological polar surface area (TPSA) is 30.0 Å². The van der Waals surface area contributed by atoms with Gasteiger partial charge in [0.25, 0.3) is 0 Å². The first kappa shape index (κ1) is 10.6. The lowest BCUT2D eigenvalue weighted by atomic mass is 10.0. The first-order valence-electron chi connectivity index (χ1n) is 5.33. The molecule has 0 radical (unpaired) electrons. The minimum atomic E-state index is 0.608. The molecule has 0 saturated carbocycles. The van der Waals surface area contributed by atoms with E-state index >= 15 is 0 Å². The van der Waals surface area contributed by atoms with E-state index in [-0.39, 0.29) is 0 Å². The number of aromatic nitrogens is 1. The van der Waals surface area contributed by atoms with Crippen molar-refractivity contribution in [1.82, 2.24) is 4.98 Å². The van der Waals surface area contributed by atoms with Gasteiger partial charge in [0.05, 0.1) is 0 Å². The number of nitrogens with zero attached hydrogens (tertiary/aromatic N) is 1. The van der Waals surface area contributed by atoms with Gasteiger partial charge in [-0.3, -0.25) is 9.78 Å². The molecular weight excluding hydrogens is 198 g/mol. The van der Waals surface area contributed by atoms with Gasteiger partial charge in [0.2, 0.25) is 0 Å². The van der Waals surface area contributed by atoms with Crippen molar-refractivity contribution in [2.45, 2.75) is 13.3 Å². The Labute approximate surface area is 95.0 Å². The highest BCUT2D eigenvalue weighted by atomic mass is 16.1. The number of aryl methyl sites for hydroxylation is 1. The molecule has 0 spiro atoms. The largest absolute Gasteiger partial charge is 0.298 e. The SMILES string of the molecule is CCc1ccc(-c2cncc(C=O)c2)cc1. The normalized spacial score (nSPS) is 10.1. The standard InChI is InChI=1S/C14H13NO/c1-2-11-3-5-13(6-4-11)14-7-12(10-16)8-15-9-14/h3-10H,2H2,1H3. The predicted molar refractivity (Wildman–Crippen MR) is 64.4 cm³/mol. The third-order valence-corrected chi connectivity index (χ3v) is 2.59. The monoisotopic (exact) mass is 211 g/mol. The molecule has 1 heterocycles. The third kappa shape index (κ3) is 2.16. The Kier molecular flexibility index (Phi) is 3.10. The number of aldehydes is 1. The molecule has 0 amide bonds. The molecule has 2 rings (SSSR count). The van der Waals surface area contributed by atoms with Crippen LogP contribution in [0.4, 0.5) is 0 Å². The number of hydrogen-bond donors (Lipinski definition) is 0. The smallest absolute Gasteiger partial charge is 0.151 e. The first-order valence-corrected chi connectivity index (χ1v) is 5.33. The first-order chi connectivity index (χ1) is 7.83. The van der Waals surface area contributed by atoms with E-state index < -0.39 is 0 Å². The molecule has 0 saturated heterocycles. The summed E-state index contributed by atoms with van der Waals surface area (Å²) >= 11 is 0. The summed E-state index contributed by atoms with van der Waals surface area (Å²) in [7, 11) is 0. The van der Waals surface area contributed by atoms with Crippen LogP contribution in [0.1, 0.15) is 22.8 Å². The van der Waals surface area contributed by atoms with Crippen LogP contribution in [0.25, 0.3) is 11.1 Å². The van der Waals surface area contributed by atoms with Gasteiger partial charge in [0.1, 0.15) is 0 Å². The molecule has 0 aliphatic carbocycles. The quantitative estimate of drug-likeness (QED) is 0.730. The van der Waals surface area contributed by atoms with Crippen molar-refractivity contribution in [3.63, 3.8) is 0 Å². The maximum Gasteiger partial charge on any atom is 0.151 e. The zero-order chi connectivity index (χ0) is 11.4. The van der Waals surface area contributed by atoms with Crippen LogP contribution < -0.4 is 0 Å². The van der Waals surface area contributed by atoms with E-state index in [0.717, 1.165) is 23.8 Å².